The Bertz CT molecular complexity index is 79.3. The SMILES string of the molecule is BOC.c1cc[nH]c1. The Hall–Kier alpha value is -0.695. The van der Waals surface area contributed by atoms with Crippen molar-refractivity contribution in [1.29, 1.82) is 0 Å². The van der Waals surface area contributed by atoms with Crippen LogP contribution in [-0.2, 0) is 4.65 Å². The second kappa shape index (κ2) is 6.30. The molecule has 8 heavy (non-hydrogen) atoms. The highest BCUT2D eigenvalue weighted by Gasteiger charge is 1.55. The molecule has 0 spiro atoms. The van der Waals surface area contributed by atoms with E-state index >= 15 is 0 Å². The molecule has 0 amide bonds. The lowest BCUT2D eigenvalue weighted by molar-refractivity contribution is 0.460. The molecule has 1 heterocycles. The van der Waals surface area contributed by atoms with Crippen LogP contribution in [0.5, 0.6) is 0 Å². The summed E-state index contributed by atoms with van der Waals surface area (Å²) in [5, 5.41) is 0. The molecule has 0 aliphatic rings. The lowest BCUT2D eigenvalue weighted by Gasteiger charge is -1.60. The van der Waals surface area contributed by atoms with Crippen molar-refractivity contribution in [2.45, 2.75) is 0 Å². The lowest BCUT2D eigenvalue weighted by atomic mass is 10.6. The standard InChI is InChI=1S/C4H5N.CH5BO/c1-2-4-5-3-1;1-3-2/h1-5H;2H2,1H3. The molecule has 1 N–H and O–H groups in total. The number of aromatic amines is 1. The van der Waals surface area contributed by atoms with Gasteiger partial charge in [0, 0.05) is 19.5 Å². The molecule has 0 aliphatic heterocycles. The molecular formula is C5H10BNO. The topological polar surface area (TPSA) is 25.0 Å². The van der Waals surface area contributed by atoms with Gasteiger partial charge in [-0.25, -0.2) is 0 Å². The van der Waals surface area contributed by atoms with Crippen LogP contribution in [0.25, 0.3) is 0 Å². The van der Waals surface area contributed by atoms with Gasteiger partial charge in [0.15, 0.2) is 0 Å². The smallest absolute Gasteiger partial charge is 0.256 e. The molecule has 0 fully saturated rings. The summed E-state index contributed by atoms with van der Waals surface area (Å²) in [6, 6.07) is 3.89. The van der Waals surface area contributed by atoms with Crippen LogP contribution in [0.15, 0.2) is 24.5 Å². The maximum absolute atomic E-state index is 4.25. The Kier molecular flexibility index (Phi) is 5.76. The van der Waals surface area contributed by atoms with Crippen LogP contribution in [-0.4, -0.2) is 20.1 Å². The Balaban J connectivity index is 0.000000145. The molecule has 44 valence electrons. The lowest BCUT2D eigenvalue weighted by Crippen LogP contribution is -1.60. The normalized spacial score (nSPS) is 7.12. The summed E-state index contributed by atoms with van der Waals surface area (Å²) in [5.41, 5.74) is 0. The second-order valence-corrected chi connectivity index (χ2v) is 1.29. The second-order valence-electron chi connectivity index (χ2n) is 1.29. The first-order chi connectivity index (χ1) is 3.91. The van der Waals surface area contributed by atoms with Crippen molar-refractivity contribution >= 4 is 8.05 Å². The van der Waals surface area contributed by atoms with Gasteiger partial charge in [0.1, 0.15) is 0 Å². The van der Waals surface area contributed by atoms with E-state index in [1.165, 1.54) is 0 Å². The number of aromatic nitrogens is 1. The van der Waals surface area contributed by atoms with E-state index in [0.717, 1.165) is 0 Å². The molecule has 1 aromatic heterocycles. The quantitative estimate of drug-likeness (QED) is 0.475. The van der Waals surface area contributed by atoms with E-state index in [4.69, 9.17) is 0 Å². The van der Waals surface area contributed by atoms with Gasteiger partial charge in [-0.3, -0.25) is 0 Å². The fourth-order valence-corrected chi connectivity index (χ4v) is 0.278. The van der Waals surface area contributed by atoms with Crippen LogP contribution in [0.3, 0.4) is 0 Å². The van der Waals surface area contributed by atoms with Gasteiger partial charge >= 0.3 is 0 Å². The summed E-state index contributed by atoms with van der Waals surface area (Å²) in [7, 11) is 3.25. The number of nitrogens with one attached hydrogen (secondary N) is 1. The monoisotopic (exact) mass is 111 g/mol. The van der Waals surface area contributed by atoms with Crippen molar-refractivity contribution < 1.29 is 4.65 Å². The van der Waals surface area contributed by atoms with Crippen LogP contribution < -0.4 is 0 Å². The number of hydrogen-bond donors (Lipinski definition) is 1. The van der Waals surface area contributed by atoms with Crippen LogP contribution in [0, 0.1) is 0 Å². The summed E-state index contributed by atoms with van der Waals surface area (Å²) < 4.78 is 4.25. The predicted octanol–water partition coefficient (Wildman–Crippen LogP) is 0.196. The van der Waals surface area contributed by atoms with Gasteiger partial charge in [-0.05, 0) is 12.1 Å². The minimum atomic E-state index is 1.62. The van der Waals surface area contributed by atoms with E-state index in [9.17, 15) is 0 Å². The minimum absolute atomic E-state index is 1.62. The highest BCUT2D eigenvalue weighted by molar-refractivity contribution is 5.97. The van der Waals surface area contributed by atoms with E-state index in [2.05, 4.69) is 9.64 Å². The fraction of sp³-hybridized carbons (Fsp3) is 0.200. The average molecular weight is 111 g/mol. The summed E-state index contributed by atoms with van der Waals surface area (Å²) in [6.45, 7) is 0. The van der Waals surface area contributed by atoms with Gasteiger partial charge in [0.2, 0.25) is 0 Å². The molecule has 0 aromatic carbocycles. The first-order valence-corrected chi connectivity index (χ1v) is 2.39. The van der Waals surface area contributed by atoms with E-state index in [0.29, 0.717) is 0 Å². The Morgan fingerprint density at radius 3 is 1.88 bits per heavy atom. The van der Waals surface area contributed by atoms with Crippen molar-refractivity contribution in [2.24, 2.45) is 0 Å². The molecule has 3 heteroatoms. The molecule has 0 saturated heterocycles. The third-order valence-corrected chi connectivity index (χ3v) is 0.496. The van der Waals surface area contributed by atoms with Crippen LogP contribution in [0.1, 0.15) is 0 Å². The maximum atomic E-state index is 4.25. The maximum Gasteiger partial charge on any atom is 0.256 e. The summed E-state index contributed by atoms with van der Waals surface area (Å²) in [5.74, 6) is 0. The number of hydrogen-bond acceptors (Lipinski definition) is 1. The van der Waals surface area contributed by atoms with E-state index in [1.54, 1.807) is 15.2 Å². The molecule has 0 aliphatic carbocycles. The third-order valence-electron chi connectivity index (χ3n) is 0.496. The molecule has 0 atom stereocenters. The minimum Gasteiger partial charge on any atom is -0.447 e. The zero-order chi connectivity index (χ0) is 6.24. The first kappa shape index (κ1) is 7.30. The van der Waals surface area contributed by atoms with Crippen LogP contribution >= 0.6 is 0 Å². The summed E-state index contributed by atoms with van der Waals surface area (Å²) >= 11 is 0. The van der Waals surface area contributed by atoms with Gasteiger partial charge in [-0.2, -0.15) is 0 Å². The van der Waals surface area contributed by atoms with Gasteiger partial charge in [-0.1, -0.05) is 0 Å². The van der Waals surface area contributed by atoms with Crippen molar-refractivity contribution in [3.63, 3.8) is 0 Å². The van der Waals surface area contributed by atoms with E-state index < -0.39 is 0 Å². The summed E-state index contributed by atoms with van der Waals surface area (Å²) in [4.78, 5) is 2.86. The van der Waals surface area contributed by atoms with E-state index in [-0.39, 0.29) is 0 Å². The van der Waals surface area contributed by atoms with Gasteiger partial charge in [0.25, 0.3) is 8.05 Å². The molecular weight excluding hydrogens is 101 g/mol. The summed E-state index contributed by atoms with van der Waals surface area (Å²) in [6.07, 6.45) is 3.75. The molecule has 0 bridgehead atoms. The van der Waals surface area contributed by atoms with Gasteiger partial charge in [0.05, 0.1) is 0 Å². The molecule has 0 radical (unpaired) electrons. The zero-order valence-corrected chi connectivity index (χ0v) is 5.22. The average Bonchev–Trinajstić information content (AvgIpc) is 2.17. The Morgan fingerprint density at radius 2 is 1.75 bits per heavy atom. The predicted molar refractivity (Wildman–Crippen MR) is 36.3 cm³/mol. The van der Waals surface area contributed by atoms with Crippen LogP contribution in [0.4, 0.5) is 0 Å². The van der Waals surface area contributed by atoms with Crippen molar-refractivity contribution in [3.05, 3.63) is 24.5 Å². The molecule has 0 saturated carbocycles. The van der Waals surface area contributed by atoms with Gasteiger partial charge in [-0.15, -0.1) is 0 Å². The van der Waals surface area contributed by atoms with Crippen molar-refractivity contribution in [3.8, 4) is 0 Å². The van der Waals surface area contributed by atoms with E-state index in [1.807, 2.05) is 24.5 Å². The Labute approximate surface area is 50.3 Å². The fourth-order valence-electron chi connectivity index (χ4n) is 0.278. The molecule has 2 nitrogen and oxygen atoms in total. The number of H-pyrrole nitrogens is 1. The number of rotatable bonds is 0. The largest absolute Gasteiger partial charge is 0.447 e. The Morgan fingerprint density at radius 1 is 1.38 bits per heavy atom. The van der Waals surface area contributed by atoms with Gasteiger partial charge < -0.3 is 9.64 Å². The molecule has 1 rings (SSSR count). The first-order valence-electron chi connectivity index (χ1n) is 2.39. The highest BCUT2D eigenvalue weighted by Crippen LogP contribution is 1.72. The molecule has 1 aromatic rings. The van der Waals surface area contributed by atoms with Crippen LogP contribution in [0.2, 0.25) is 0 Å². The zero-order valence-electron chi connectivity index (χ0n) is 5.22. The molecule has 0 unspecified atom stereocenters. The van der Waals surface area contributed by atoms with Crippen molar-refractivity contribution in [2.75, 3.05) is 7.11 Å². The van der Waals surface area contributed by atoms with Crippen molar-refractivity contribution in [1.82, 2.24) is 4.98 Å². The highest BCUT2D eigenvalue weighted by atomic mass is 16.4. The third kappa shape index (κ3) is 5.30.